The van der Waals surface area contributed by atoms with E-state index in [1.54, 1.807) is 11.3 Å². The zero-order chi connectivity index (χ0) is 15.8. The second-order valence-corrected chi connectivity index (χ2v) is 8.72. The predicted octanol–water partition coefficient (Wildman–Crippen LogP) is 3.84. The van der Waals surface area contributed by atoms with E-state index < -0.39 is 0 Å². The zero-order valence-corrected chi connectivity index (χ0v) is 18.3. The molecule has 1 fully saturated rings. The third kappa shape index (κ3) is 7.60. The molecular weight excluding hydrogens is 439 g/mol. The van der Waals surface area contributed by atoms with Gasteiger partial charge in [-0.1, -0.05) is 0 Å². The lowest BCUT2D eigenvalue weighted by Gasteiger charge is -2.24. The van der Waals surface area contributed by atoms with Crippen molar-refractivity contribution in [2.45, 2.75) is 50.7 Å². The van der Waals surface area contributed by atoms with Crippen LogP contribution in [0.25, 0.3) is 0 Å². The van der Waals surface area contributed by atoms with Gasteiger partial charge in [0.1, 0.15) is 0 Å². The smallest absolute Gasteiger partial charge is 0.191 e. The molecule has 7 heteroatoms. The number of hydrogen-bond acceptors (Lipinski definition) is 4. The van der Waals surface area contributed by atoms with Gasteiger partial charge in [0.25, 0.3) is 0 Å². The zero-order valence-electron chi connectivity index (χ0n) is 14.4. The lowest BCUT2D eigenvalue weighted by atomic mass is 10.1. The Morgan fingerprint density at radius 2 is 2.22 bits per heavy atom. The van der Waals surface area contributed by atoms with Gasteiger partial charge >= 0.3 is 0 Å². The summed E-state index contributed by atoms with van der Waals surface area (Å²) in [6, 6.07) is 0. The number of aryl methyl sites for hydroxylation is 2. The number of nitrogens with one attached hydrogen (secondary N) is 2. The van der Waals surface area contributed by atoms with E-state index >= 15 is 0 Å². The molecule has 0 amide bonds. The molecule has 2 heterocycles. The van der Waals surface area contributed by atoms with Crippen LogP contribution in [0.5, 0.6) is 0 Å². The Bertz CT molecular complexity index is 484. The van der Waals surface area contributed by atoms with Crippen molar-refractivity contribution in [1.29, 1.82) is 0 Å². The quantitative estimate of drug-likeness (QED) is 0.276. The Morgan fingerprint density at radius 3 is 2.83 bits per heavy atom. The molecule has 1 atom stereocenters. The number of aromatic nitrogens is 1. The van der Waals surface area contributed by atoms with Crippen molar-refractivity contribution >= 4 is 53.0 Å². The van der Waals surface area contributed by atoms with Crippen LogP contribution in [0.1, 0.15) is 43.3 Å². The Morgan fingerprint density at radius 1 is 1.39 bits per heavy atom. The van der Waals surface area contributed by atoms with Crippen LogP contribution in [0.2, 0.25) is 0 Å². The molecule has 1 aliphatic heterocycles. The first-order valence-corrected chi connectivity index (χ1v) is 9.97. The largest absolute Gasteiger partial charge is 0.356 e. The fraction of sp³-hybridized carbons (Fsp3) is 0.750. The van der Waals surface area contributed by atoms with E-state index in [1.807, 2.05) is 7.05 Å². The van der Waals surface area contributed by atoms with Gasteiger partial charge in [0.15, 0.2) is 5.96 Å². The summed E-state index contributed by atoms with van der Waals surface area (Å²) >= 11 is 3.85. The average Bonchev–Trinajstić information content (AvgIpc) is 3.11. The van der Waals surface area contributed by atoms with Gasteiger partial charge in [-0.25, -0.2) is 4.98 Å². The first kappa shape index (κ1) is 21.0. The maximum Gasteiger partial charge on any atom is 0.191 e. The molecule has 1 saturated heterocycles. The molecule has 0 aliphatic carbocycles. The minimum Gasteiger partial charge on any atom is -0.356 e. The monoisotopic (exact) mass is 468 g/mol. The van der Waals surface area contributed by atoms with Crippen LogP contribution in [0.4, 0.5) is 0 Å². The van der Waals surface area contributed by atoms with E-state index in [4.69, 9.17) is 0 Å². The maximum atomic E-state index is 4.50. The van der Waals surface area contributed by atoms with Crippen molar-refractivity contribution in [2.24, 2.45) is 4.99 Å². The molecule has 0 aromatic carbocycles. The maximum absolute atomic E-state index is 4.50. The molecule has 0 bridgehead atoms. The third-order valence-corrected chi connectivity index (χ3v) is 6.49. The van der Waals surface area contributed by atoms with E-state index in [9.17, 15) is 0 Å². The van der Waals surface area contributed by atoms with Crippen molar-refractivity contribution in [1.82, 2.24) is 15.6 Å². The van der Waals surface area contributed by atoms with Crippen LogP contribution in [0.3, 0.4) is 0 Å². The first-order valence-electron chi connectivity index (χ1n) is 8.11. The lowest BCUT2D eigenvalue weighted by Crippen LogP contribution is -2.43. The van der Waals surface area contributed by atoms with E-state index in [-0.39, 0.29) is 24.0 Å². The van der Waals surface area contributed by atoms with Gasteiger partial charge in [-0.15, -0.1) is 35.3 Å². The molecule has 1 aromatic rings. The van der Waals surface area contributed by atoms with Crippen LogP contribution >= 0.6 is 47.1 Å². The van der Waals surface area contributed by atoms with Crippen molar-refractivity contribution in [3.05, 3.63) is 16.1 Å². The highest BCUT2D eigenvalue weighted by atomic mass is 127. The molecule has 132 valence electrons. The molecule has 0 radical (unpaired) electrons. The molecule has 1 unspecified atom stereocenters. The van der Waals surface area contributed by atoms with Crippen LogP contribution in [-0.2, 0) is 6.42 Å². The van der Waals surface area contributed by atoms with Gasteiger partial charge in [-0.3, -0.25) is 4.99 Å². The normalized spacial score (nSPS) is 21.1. The van der Waals surface area contributed by atoms with E-state index in [0.717, 1.165) is 37.6 Å². The van der Waals surface area contributed by atoms with Crippen LogP contribution < -0.4 is 10.6 Å². The predicted molar refractivity (Wildman–Crippen MR) is 115 cm³/mol. The Labute approximate surface area is 165 Å². The summed E-state index contributed by atoms with van der Waals surface area (Å²) in [5, 5.41) is 10.3. The van der Waals surface area contributed by atoms with Crippen LogP contribution in [0.15, 0.2) is 10.4 Å². The summed E-state index contributed by atoms with van der Waals surface area (Å²) < 4.78 is 0.375. The fourth-order valence-electron chi connectivity index (χ4n) is 2.59. The SMILES string of the molecule is CN=C(NCCCCc1nc(C)cs1)NCC1(C)CCCS1.I. The number of nitrogens with zero attached hydrogens (tertiary/aromatic N) is 2. The lowest BCUT2D eigenvalue weighted by molar-refractivity contribution is 0.582. The average molecular weight is 468 g/mol. The van der Waals surface area contributed by atoms with Crippen LogP contribution in [0, 0.1) is 6.92 Å². The fourth-order valence-corrected chi connectivity index (χ4v) is 4.66. The summed E-state index contributed by atoms with van der Waals surface area (Å²) in [5.74, 6) is 2.22. The summed E-state index contributed by atoms with van der Waals surface area (Å²) in [6.45, 7) is 6.37. The summed E-state index contributed by atoms with van der Waals surface area (Å²) in [4.78, 5) is 8.81. The van der Waals surface area contributed by atoms with Gasteiger partial charge in [0, 0.05) is 36.0 Å². The molecule has 1 aliphatic rings. The third-order valence-electron chi connectivity index (χ3n) is 3.93. The van der Waals surface area contributed by atoms with Gasteiger partial charge in [0.05, 0.1) is 5.01 Å². The molecule has 2 rings (SSSR count). The highest BCUT2D eigenvalue weighted by Crippen LogP contribution is 2.36. The number of thiazole rings is 1. The number of halogens is 1. The van der Waals surface area contributed by atoms with Gasteiger partial charge in [-0.2, -0.15) is 11.8 Å². The van der Waals surface area contributed by atoms with E-state index in [0.29, 0.717) is 4.75 Å². The second kappa shape index (κ2) is 10.8. The number of hydrogen-bond donors (Lipinski definition) is 2. The summed E-state index contributed by atoms with van der Waals surface area (Å²) in [6.07, 6.45) is 6.04. The number of thioether (sulfide) groups is 1. The number of unbranched alkanes of at least 4 members (excludes halogenated alkanes) is 1. The van der Waals surface area contributed by atoms with Crippen molar-refractivity contribution in [3.8, 4) is 0 Å². The standard InChI is InChI=1S/C16H28N4S2.HI/c1-13-11-21-14(20-13)7-4-5-9-18-15(17-3)19-12-16(2)8-6-10-22-16;/h11H,4-10,12H2,1-3H3,(H2,17,18,19);1H. The Hall–Kier alpha value is -0.0200. The van der Waals surface area contributed by atoms with E-state index in [1.165, 1.54) is 30.0 Å². The van der Waals surface area contributed by atoms with Gasteiger partial charge < -0.3 is 10.6 Å². The summed E-state index contributed by atoms with van der Waals surface area (Å²) in [7, 11) is 1.85. The molecule has 23 heavy (non-hydrogen) atoms. The number of guanidine groups is 1. The van der Waals surface area contributed by atoms with Gasteiger partial charge in [0.2, 0.25) is 0 Å². The van der Waals surface area contributed by atoms with Crippen LogP contribution in [-0.4, -0.2) is 41.6 Å². The van der Waals surface area contributed by atoms with Crippen molar-refractivity contribution in [3.63, 3.8) is 0 Å². The molecule has 2 N–H and O–H groups in total. The van der Waals surface area contributed by atoms with Gasteiger partial charge in [-0.05, 0) is 51.7 Å². The second-order valence-electron chi connectivity index (χ2n) is 6.09. The molecular formula is C16H29IN4S2. The van der Waals surface area contributed by atoms with E-state index in [2.05, 4.69) is 51.6 Å². The molecule has 0 saturated carbocycles. The Balaban J connectivity index is 0.00000264. The highest BCUT2D eigenvalue weighted by Gasteiger charge is 2.29. The minimum atomic E-state index is 0. The number of aliphatic imine (C=N–C) groups is 1. The Kier molecular flexibility index (Phi) is 9.84. The molecule has 4 nitrogen and oxygen atoms in total. The number of rotatable bonds is 7. The van der Waals surface area contributed by atoms with Crippen molar-refractivity contribution < 1.29 is 0 Å². The topological polar surface area (TPSA) is 49.3 Å². The first-order chi connectivity index (χ1) is 10.6. The highest BCUT2D eigenvalue weighted by molar-refractivity contribution is 14.0. The minimum absolute atomic E-state index is 0. The molecule has 1 aromatic heterocycles. The van der Waals surface area contributed by atoms with Crippen molar-refractivity contribution in [2.75, 3.05) is 25.9 Å². The summed E-state index contributed by atoms with van der Waals surface area (Å²) in [5.41, 5.74) is 1.14. The molecule has 0 spiro atoms.